The summed E-state index contributed by atoms with van der Waals surface area (Å²) in [6.45, 7) is 3.82. The number of halogens is 1. The third kappa shape index (κ3) is 2.39. The van der Waals surface area contributed by atoms with Crippen LogP contribution in [0.15, 0.2) is 0 Å². The lowest BCUT2D eigenvalue weighted by atomic mass is 9.53. The molecule has 0 aromatic heterocycles. The summed E-state index contributed by atoms with van der Waals surface area (Å²) in [5.41, 5.74) is 0.292. The lowest BCUT2D eigenvalue weighted by Crippen LogP contribution is -2.55. The average Bonchev–Trinajstić information content (AvgIpc) is 2.49. The van der Waals surface area contributed by atoms with E-state index < -0.39 is 0 Å². The fourth-order valence-electron chi connectivity index (χ4n) is 4.09. The zero-order valence-electron chi connectivity index (χ0n) is 11.4. The summed E-state index contributed by atoms with van der Waals surface area (Å²) < 4.78 is 5.34. The molecular weight excluding hydrogens is 264 g/mol. The highest BCUT2D eigenvalue weighted by molar-refractivity contribution is 6.13. The van der Waals surface area contributed by atoms with Crippen LogP contribution in [-0.2, 0) is 9.53 Å². The molecular formula is C14H23ClN2O2. The maximum atomic E-state index is 12.8. The number of rotatable bonds is 3. The highest BCUT2D eigenvalue weighted by Gasteiger charge is 2.53. The fourth-order valence-corrected chi connectivity index (χ4v) is 4.38. The number of hydrogen-bond donors (Lipinski definition) is 1. The van der Waals surface area contributed by atoms with Gasteiger partial charge in [0.2, 0.25) is 5.91 Å². The van der Waals surface area contributed by atoms with E-state index in [-0.39, 0.29) is 5.41 Å². The van der Waals surface area contributed by atoms with Gasteiger partial charge in [-0.15, -0.1) is 0 Å². The van der Waals surface area contributed by atoms with Gasteiger partial charge in [0, 0.05) is 25.0 Å². The molecule has 0 atom stereocenters. The first-order valence-corrected chi connectivity index (χ1v) is 7.78. The molecule has 0 unspecified atom stereocenters. The molecule has 4 fully saturated rings. The summed E-state index contributed by atoms with van der Waals surface area (Å²) in [4.78, 5) is 17.7. The molecule has 3 saturated carbocycles. The molecule has 4 nitrogen and oxygen atoms in total. The number of amides is 1. The minimum absolute atomic E-state index is 0.0641. The molecule has 1 aliphatic heterocycles. The molecule has 4 aliphatic rings. The third-order valence-electron chi connectivity index (χ3n) is 5.60. The van der Waals surface area contributed by atoms with Crippen molar-refractivity contribution in [3.05, 3.63) is 0 Å². The van der Waals surface area contributed by atoms with E-state index in [4.69, 9.17) is 16.5 Å². The molecule has 1 amide bonds. The van der Waals surface area contributed by atoms with Crippen LogP contribution in [0, 0.1) is 10.8 Å². The molecule has 5 heteroatoms. The number of nitrogens with one attached hydrogen (secondary N) is 1. The number of hydrogen-bond acceptors (Lipinski definition) is 3. The summed E-state index contributed by atoms with van der Waals surface area (Å²) in [5.74, 6) is 0.392. The van der Waals surface area contributed by atoms with E-state index in [0.717, 1.165) is 58.2 Å². The molecule has 0 spiro atoms. The van der Waals surface area contributed by atoms with Gasteiger partial charge in [-0.3, -0.25) is 4.79 Å². The van der Waals surface area contributed by atoms with Crippen molar-refractivity contribution in [1.82, 2.24) is 9.74 Å². The maximum Gasteiger partial charge on any atom is 0.228 e. The van der Waals surface area contributed by atoms with Crippen LogP contribution in [0.4, 0.5) is 0 Å². The van der Waals surface area contributed by atoms with E-state index >= 15 is 0 Å². The largest absolute Gasteiger partial charge is 0.378 e. The standard InChI is InChI=1S/C14H23ClN2O2/c15-16-11-13-1-4-14(5-2-13,6-3-13)12(18)17-7-9-19-10-8-17/h16H,1-11H2. The van der Waals surface area contributed by atoms with E-state index in [1.807, 2.05) is 4.90 Å². The average molecular weight is 287 g/mol. The third-order valence-corrected chi connectivity index (χ3v) is 5.73. The number of nitrogens with zero attached hydrogens (tertiary/aromatic N) is 1. The van der Waals surface area contributed by atoms with Gasteiger partial charge in [0.05, 0.1) is 13.2 Å². The van der Waals surface area contributed by atoms with Crippen LogP contribution in [0.1, 0.15) is 38.5 Å². The molecule has 0 aromatic rings. The first kappa shape index (κ1) is 13.7. The van der Waals surface area contributed by atoms with Crippen molar-refractivity contribution in [2.45, 2.75) is 38.5 Å². The topological polar surface area (TPSA) is 41.6 Å². The van der Waals surface area contributed by atoms with Crippen molar-refractivity contribution in [1.29, 1.82) is 0 Å². The number of morpholine rings is 1. The van der Waals surface area contributed by atoms with Gasteiger partial charge in [-0.1, -0.05) is 0 Å². The molecule has 1 saturated heterocycles. The van der Waals surface area contributed by atoms with Gasteiger partial charge >= 0.3 is 0 Å². The van der Waals surface area contributed by atoms with Crippen LogP contribution in [0.25, 0.3) is 0 Å². The maximum absolute atomic E-state index is 12.8. The van der Waals surface area contributed by atoms with E-state index in [0.29, 0.717) is 24.5 Å². The first-order chi connectivity index (χ1) is 9.20. The Bertz CT molecular complexity index is 331. The van der Waals surface area contributed by atoms with Crippen molar-refractivity contribution in [2.24, 2.45) is 10.8 Å². The highest BCUT2D eigenvalue weighted by Crippen LogP contribution is 2.57. The second kappa shape index (κ2) is 5.23. The number of carbonyl (C=O) groups is 1. The number of ether oxygens (including phenoxy) is 1. The van der Waals surface area contributed by atoms with Gasteiger partial charge in [-0.25, -0.2) is 4.84 Å². The van der Waals surface area contributed by atoms with Crippen LogP contribution in [-0.4, -0.2) is 43.7 Å². The van der Waals surface area contributed by atoms with Crippen LogP contribution in [0.3, 0.4) is 0 Å². The monoisotopic (exact) mass is 286 g/mol. The van der Waals surface area contributed by atoms with Crippen LogP contribution in [0.2, 0.25) is 0 Å². The Morgan fingerprint density at radius 2 is 1.68 bits per heavy atom. The van der Waals surface area contributed by atoms with Gasteiger partial charge in [0.1, 0.15) is 0 Å². The van der Waals surface area contributed by atoms with Crippen LogP contribution >= 0.6 is 11.8 Å². The van der Waals surface area contributed by atoms with Crippen molar-refractivity contribution in [2.75, 3.05) is 32.8 Å². The molecule has 3 aliphatic carbocycles. The second-order valence-corrected chi connectivity index (χ2v) is 6.76. The van der Waals surface area contributed by atoms with E-state index in [1.165, 1.54) is 0 Å². The van der Waals surface area contributed by atoms with E-state index in [1.54, 1.807) is 0 Å². The summed E-state index contributed by atoms with van der Waals surface area (Å²) in [5, 5.41) is 0. The molecule has 2 bridgehead atoms. The quantitative estimate of drug-likeness (QED) is 0.806. The predicted octanol–water partition coefficient (Wildman–Crippen LogP) is 1.93. The Morgan fingerprint density at radius 1 is 1.11 bits per heavy atom. The van der Waals surface area contributed by atoms with Gasteiger partial charge in [0.25, 0.3) is 0 Å². The zero-order chi connectivity index (χ0) is 13.3. The van der Waals surface area contributed by atoms with Gasteiger partial charge in [-0.2, -0.15) is 0 Å². The Hall–Kier alpha value is -0.320. The molecule has 108 valence electrons. The summed E-state index contributed by atoms with van der Waals surface area (Å²) in [6, 6.07) is 0. The minimum Gasteiger partial charge on any atom is -0.378 e. The zero-order valence-corrected chi connectivity index (χ0v) is 12.2. The van der Waals surface area contributed by atoms with Crippen molar-refractivity contribution >= 4 is 17.7 Å². The Kier molecular flexibility index (Phi) is 3.76. The highest BCUT2D eigenvalue weighted by atomic mass is 35.5. The molecule has 4 rings (SSSR count). The van der Waals surface area contributed by atoms with Crippen LogP contribution in [0.5, 0.6) is 0 Å². The summed E-state index contributed by atoms with van der Waals surface area (Å²) in [6.07, 6.45) is 6.56. The SMILES string of the molecule is O=C(N1CCOCC1)C12CCC(CNCl)(CC1)CC2. The summed E-state index contributed by atoms with van der Waals surface area (Å²) in [7, 11) is 0. The predicted molar refractivity (Wildman–Crippen MR) is 73.8 cm³/mol. The molecule has 1 heterocycles. The van der Waals surface area contributed by atoms with Gasteiger partial charge in [-0.05, 0) is 55.7 Å². The normalized spacial score (nSPS) is 38.5. The molecule has 0 radical (unpaired) electrons. The smallest absolute Gasteiger partial charge is 0.228 e. The molecule has 1 N–H and O–H groups in total. The van der Waals surface area contributed by atoms with Gasteiger partial charge in [0.15, 0.2) is 0 Å². The molecule has 0 aromatic carbocycles. The lowest BCUT2D eigenvalue weighted by Gasteiger charge is -2.53. The Balaban J connectivity index is 1.67. The molecule has 19 heavy (non-hydrogen) atoms. The van der Waals surface area contributed by atoms with Crippen molar-refractivity contribution < 1.29 is 9.53 Å². The Morgan fingerprint density at radius 3 is 2.21 bits per heavy atom. The van der Waals surface area contributed by atoms with Gasteiger partial charge < -0.3 is 9.64 Å². The first-order valence-electron chi connectivity index (χ1n) is 7.40. The van der Waals surface area contributed by atoms with E-state index in [2.05, 4.69) is 4.84 Å². The lowest BCUT2D eigenvalue weighted by molar-refractivity contribution is -0.155. The second-order valence-electron chi connectivity index (χ2n) is 6.50. The van der Waals surface area contributed by atoms with E-state index in [9.17, 15) is 4.79 Å². The fraction of sp³-hybridized carbons (Fsp3) is 0.929. The number of carbonyl (C=O) groups excluding carboxylic acids is 1. The summed E-state index contributed by atoms with van der Waals surface area (Å²) >= 11 is 5.70. The van der Waals surface area contributed by atoms with Crippen LogP contribution < -0.4 is 4.84 Å². The van der Waals surface area contributed by atoms with Crippen molar-refractivity contribution in [3.8, 4) is 0 Å². The minimum atomic E-state index is -0.0641. The van der Waals surface area contributed by atoms with Crippen molar-refractivity contribution in [3.63, 3.8) is 0 Å². The Labute approximate surface area is 119 Å². The number of fused-ring (bicyclic) bond motifs is 3.